The summed E-state index contributed by atoms with van der Waals surface area (Å²) in [5, 5.41) is 2.35. The second-order valence-corrected chi connectivity index (χ2v) is 5.82. The molecule has 2 rings (SSSR count). The van der Waals surface area contributed by atoms with Crippen LogP contribution in [-0.4, -0.2) is 35.5 Å². The van der Waals surface area contributed by atoms with Gasteiger partial charge in [-0.15, -0.1) is 0 Å². The van der Waals surface area contributed by atoms with E-state index in [0.29, 0.717) is 0 Å². The maximum absolute atomic E-state index is 13.8. The van der Waals surface area contributed by atoms with Crippen molar-refractivity contribution in [3.05, 3.63) is 48.3 Å². The van der Waals surface area contributed by atoms with Crippen LogP contribution in [-0.2, 0) is 22.7 Å². The molecule has 0 atom stereocenters. The number of furan rings is 2. The molecule has 0 aromatic carbocycles. The van der Waals surface area contributed by atoms with Gasteiger partial charge in [-0.2, -0.15) is 35.1 Å². The van der Waals surface area contributed by atoms with Gasteiger partial charge in [-0.1, -0.05) is 0 Å². The molecule has 0 aliphatic carbocycles. The molecular formula is C16H12F8N2O4. The first-order chi connectivity index (χ1) is 13.7. The molecule has 2 aromatic heterocycles. The summed E-state index contributed by atoms with van der Waals surface area (Å²) in [5.41, 5.74) is 0. The van der Waals surface area contributed by atoms with Crippen LogP contribution in [0.25, 0.3) is 0 Å². The van der Waals surface area contributed by atoms with E-state index in [1.54, 1.807) is 0 Å². The highest BCUT2D eigenvalue weighted by atomic mass is 19.4. The quantitative estimate of drug-likeness (QED) is 0.577. The van der Waals surface area contributed by atoms with E-state index in [4.69, 9.17) is 0 Å². The Labute approximate surface area is 162 Å². The van der Waals surface area contributed by atoms with Gasteiger partial charge in [0.25, 0.3) is 11.8 Å². The van der Waals surface area contributed by atoms with Gasteiger partial charge < -0.3 is 19.5 Å². The van der Waals surface area contributed by atoms with Crippen molar-refractivity contribution in [3.8, 4) is 0 Å². The smallest absolute Gasteiger partial charge is 0.392 e. The van der Waals surface area contributed by atoms with Crippen LogP contribution in [0, 0.1) is 0 Å². The van der Waals surface area contributed by atoms with E-state index in [1.807, 2.05) is 0 Å². The van der Waals surface area contributed by atoms with E-state index in [2.05, 4.69) is 8.83 Å². The van der Waals surface area contributed by atoms with Gasteiger partial charge in [-0.3, -0.25) is 9.59 Å². The third kappa shape index (κ3) is 3.98. The maximum atomic E-state index is 13.8. The topological polar surface area (TPSA) is 84.5 Å². The fourth-order valence-electron chi connectivity index (χ4n) is 2.06. The zero-order valence-electron chi connectivity index (χ0n) is 14.5. The number of alkyl halides is 8. The zero-order chi connectivity index (χ0) is 22.8. The second-order valence-electron chi connectivity index (χ2n) is 5.82. The molecule has 30 heavy (non-hydrogen) atoms. The van der Waals surface area contributed by atoms with Crippen molar-refractivity contribution in [3.63, 3.8) is 0 Å². The monoisotopic (exact) mass is 448 g/mol. The van der Waals surface area contributed by atoms with Crippen molar-refractivity contribution in [2.45, 2.75) is 36.8 Å². The fraction of sp³-hybridized carbons (Fsp3) is 0.375. The Morgan fingerprint density at radius 2 is 1.03 bits per heavy atom. The largest absolute Gasteiger partial charge is 0.467 e. The SMILES string of the molecule is O=C(NCc1ccco1)C(F)(F)C(F)(F)C(F)(F)C(F)(F)C(=O)NCc1ccco1. The standard InChI is InChI=1S/C16H12F8N2O4/c17-13(18,11(27)25-7-9-3-1-5-29-9)15(21,22)16(23,24)14(19,20)12(28)26-8-10-4-2-6-30-10/h1-6H,7-8H2,(H,25,27)(H,26,28). The van der Waals surface area contributed by atoms with Gasteiger partial charge in [0.1, 0.15) is 11.5 Å². The van der Waals surface area contributed by atoms with Crippen molar-refractivity contribution >= 4 is 11.8 Å². The van der Waals surface area contributed by atoms with E-state index < -0.39 is 48.6 Å². The summed E-state index contributed by atoms with van der Waals surface area (Å²) in [6.45, 7) is -1.83. The van der Waals surface area contributed by atoms with Crippen molar-refractivity contribution in [1.29, 1.82) is 0 Å². The average Bonchev–Trinajstić information content (AvgIpc) is 3.37. The summed E-state index contributed by atoms with van der Waals surface area (Å²) in [6, 6.07) is 4.74. The molecule has 0 radical (unpaired) electrons. The first kappa shape index (κ1) is 23.2. The number of rotatable bonds is 9. The molecule has 0 fully saturated rings. The Morgan fingerprint density at radius 1 is 0.700 bits per heavy atom. The minimum Gasteiger partial charge on any atom is -0.467 e. The molecule has 2 amide bonds. The molecule has 0 saturated carbocycles. The van der Waals surface area contributed by atoms with E-state index >= 15 is 0 Å². The highest BCUT2D eigenvalue weighted by Gasteiger charge is 2.84. The first-order valence-corrected chi connectivity index (χ1v) is 7.87. The molecule has 2 heterocycles. The van der Waals surface area contributed by atoms with Crippen LogP contribution in [0.1, 0.15) is 11.5 Å². The van der Waals surface area contributed by atoms with Crippen molar-refractivity contribution in [2.75, 3.05) is 0 Å². The van der Waals surface area contributed by atoms with Gasteiger partial charge in [-0.25, -0.2) is 0 Å². The van der Waals surface area contributed by atoms with Gasteiger partial charge >= 0.3 is 23.7 Å². The van der Waals surface area contributed by atoms with Crippen LogP contribution < -0.4 is 10.6 Å². The van der Waals surface area contributed by atoms with Crippen molar-refractivity contribution in [2.24, 2.45) is 0 Å². The molecule has 2 aromatic rings. The number of halogens is 8. The van der Waals surface area contributed by atoms with Gasteiger partial charge in [0, 0.05) is 0 Å². The number of carbonyl (C=O) groups excluding carboxylic acids is 2. The van der Waals surface area contributed by atoms with Gasteiger partial charge in [-0.05, 0) is 24.3 Å². The van der Waals surface area contributed by atoms with Crippen molar-refractivity contribution in [1.82, 2.24) is 10.6 Å². The Morgan fingerprint density at radius 3 is 1.30 bits per heavy atom. The lowest BCUT2D eigenvalue weighted by atomic mass is 9.97. The normalized spacial score (nSPS) is 13.2. The number of hydrogen-bond donors (Lipinski definition) is 2. The lowest BCUT2D eigenvalue weighted by Crippen LogP contribution is -2.68. The molecular weight excluding hydrogens is 436 g/mol. The van der Waals surface area contributed by atoms with E-state index in [1.165, 1.54) is 22.8 Å². The fourth-order valence-corrected chi connectivity index (χ4v) is 2.06. The molecule has 0 saturated heterocycles. The Hall–Kier alpha value is -3.06. The zero-order valence-corrected chi connectivity index (χ0v) is 14.5. The van der Waals surface area contributed by atoms with E-state index in [0.717, 1.165) is 24.7 Å². The third-order valence-corrected chi connectivity index (χ3v) is 3.76. The number of hydrogen-bond acceptors (Lipinski definition) is 4. The Kier molecular flexibility index (Phi) is 6.18. The van der Waals surface area contributed by atoms with Crippen LogP contribution in [0.2, 0.25) is 0 Å². The highest BCUT2D eigenvalue weighted by molar-refractivity contribution is 5.87. The minimum atomic E-state index is -6.95. The summed E-state index contributed by atoms with van der Waals surface area (Å²) in [6.07, 6.45) is 2.06. The second kappa shape index (κ2) is 7.99. The number of nitrogens with one attached hydrogen (secondary N) is 2. The predicted molar refractivity (Wildman–Crippen MR) is 80.9 cm³/mol. The van der Waals surface area contributed by atoms with Crippen LogP contribution in [0.15, 0.2) is 45.6 Å². The predicted octanol–water partition coefficient (Wildman–Crippen LogP) is 3.35. The Balaban J connectivity index is 2.18. The first-order valence-electron chi connectivity index (χ1n) is 7.87. The van der Waals surface area contributed by atoms with Gasteiger partial charge in [0.15, 0.2) is 0 Å². The third-order valence-electron chi connectivity index (χ3n) is 3.76. The maximum Gasteiger partial charge on any atom is 0.392 e. The lowest BCUT2D eigenvalue weighted by molar-refractivity contribution is -0.347. The molecule has 2 N–H and O–H groups in total. The average molecular weight is 448 g/mol. The number of amides is 2. The molecule has 0 unspecified atom stereocenters. The van der Waals surface area contributed by atoms with Crippen LogP contribution in [0.5, 0.6) is 0 Å². The highest BCUT2D eigenvalue weighted by Crippen LogP contribution is 2.52. The molecule has 0 aliphatic rings. The molecule has 0 spiro atoms. The van der Waals surface area contributed by atoms with Crippen molar-refractivity contribution < 1.29 is 53.5 Å². The summed E-state index contributed by atoms with van der Waals surface area (Å²) in [4.78, 5) is 22.7. The van der Waals surface area contributed by atoms with Crippen LogP contribution in [0.4, 0.5) is 35.1 Å². The Bertz CT molecular complexity index is 794. The summed E-state index contributed by atoms with van der Waals surface area (Å²) in [7, 11) is 0. The number of carbonyl (C=O) groups is 2. The lowest BCUT2D eigenvalue weighted by Gasteiger charge is -2.35. The minimum absolute atomic E-state index is 0.211. The molecule has 6 nitrogen and oxygen atoms in total. The van der Waals surface area contributed by atoms with E-state index in [-0.39, 0.29) is 11.5 Å². The van der Waals surface area contributed by atoms with Crippen LogP contribution in [0.3, 0.4) is 0 Å². The summed E-state index contributed by atoms with van der Waals surface area (Å²) in [5.74, 6) is -32.9. The van der Waals surface area contributed by atoms with Crippen LogP contribution >= 0.6 is 0 Å². The molecule has 0 aliphatic heterocycles. The molecule has 166 valence electrons. The summed E-state index contributed by atoms with van der Waals surface area (Å²) < 4.78 is 120. The van der Waals surface area contributed by atoms with Gasteiger partial charge in [0.05, 0.1) is 25.6 Å². The molecule has 14 heteroatoms. The molecule has 0 bridgehead atoms. The summed E-state index contributed by atoms with van der Waals surface area (Å²) >= 11 is 0. The van der Waals surface area contributed by atoms with E-state index in [9.17, 15) is 44.7 Å². The van der Waals surface area contributed by atoms with Gasteiger partial charge in [0.2, 0.25) is 0 Å².